The highest BCUT2D eigenvalue weighted by atomic mass is 19.1. The van der Waals surface area contributed by atoms with Gasteiger partial charge in [0, 0.05) is 5.56 Å². The lowest BCUT2D eigenvalue weighted by atomic mass is 9.87. The zero-order valence-corrected chi connectivity index (χ0v) is 12.9. The van der Waals surface area contributed by atoms with Gasteiger partial charge in [-0.25, -0.2) is 4.39 Å². The molecule has 0 saturated heterocycles. The second kappa shape index (κ2) is 5.86. The van der Waals surface area contributed by atoms with E-state index in [0.29, 0.717) is 11.3 Å². The van der Waals surface area contributed by atoms with Gasteiger partial charge >= 0.3 is 0 Å². The maximum absolute atomic E-state index is 13.9. The largest absolute Gasteiger partial charge is 0.454 e. The van der Waals surface area contributed by atoms with Crippen LogP contribution in [0.5, 0.6) is 11.5 Å². The number of rotatable bonds is 3. The van der Waals surface area contributed by atoms with Crippen molar-refractivity contribution in [1.82, 2.24) is 0 Å². The lowest BCUT2D eigenvalue weighted by Crippen LogP contribution is -2.10. The molecular formula is C18H21FO2. The van der Waals surface area contributed by atoms with Crippen LogP contribution in [0.2, 0.25) is 0 Å². The summed E-state index contributed by atoms with van der Waals surface area (Å²) < 4.78 is 19.6. The first kappa shape index (κ1) is 15.5. The summed E-state index contributed by atoms with van der Waals surface area (Å²) in [6.45, 7) is 7.98. The Kier molecular flexibility index (Phi) is 4.33. The number of halogens is 1. The van der Waals surface area contributed by atoms with Crippen LogP contribution in [0.4, 0.5) is 4.39 Å². The first-order valence-corrected chi connectivity index (χ1v) is 7.04. The van der Waals surface area contributed by atoms with Gasteiger partial charge in [-0.1, -0.05) is 45.0 Å². The average molecular weight is 288 g/mol. The lowest BCUT2D eigenvalue weighted by Gasteiger charge is -2.19. The van der Waals surface area contributed by atoms with Gasteiger partial charge < -0.3 is 9.84 Å². The molecule has 0 fully saturated rings. The monoisotopic (exact) mass is 288 g/mol. The Balaban J connectivity index is 2.31. The molecule has 0 aliphatic rings. The normalized spacial score (nSPS) is 13.0. The highest BCUT2D eigenvalue weighted by molar-refractivity contribution is 5.41. The Morgan fingerprint density at radius 1 is 1.05 bits per heavy atom. The summed E-state index contributed by atoms with van der Waals surface area (Å²) in [5, 5.41) is 9.71. The molecule has 0 spiro atoms. The number of ether oxygens (including phenoxy) is 1. The number of hydrogen-bond donors (Lipinski definition) is 1. The molecule has 0 saturated carbocycles. The Morgan fingerprint density at radius 2 is 1.67 bits per heavy atom. The Labute approximate surface area is 125 Å². The van der Waals surface area contributed by atoms with Gasteiger partial charge in [-0.05, 0) is 36.1 Å². The third-order valence-corrected chi connectivity index (χ3v) is 3.39. The van der Waals surface area contributed by atoms with Crippen molar-refractivity contribution < 1.29 is 14.2 Å². The summed E-state index contributed by atoms with van der Waals surface area (Å²) in [6, 6.07) is 12.1. The highest BCUT2D eigenvalue weighted by Gasteiger charge is 2.16. The lowest BCUT2D eigenvalue weighted by molar-refractivity contribution is 0.194. The van der Waals surface area contributed by atoms with Gasteiger partial charge in [0.25, 0.3) is 0 Å². The molecule has 0 aromatic heterocycles. The predicted octanol–water partition coefficient (Wildman–Crippen LogP) is 4.97. The molecule has 2 aromatic rings. The van der Waals surface area contributed by atoms with E-state index in [0.717, 1.165) is 0 Å². The number of aliphatic hydroxyl groups is 1. The fourth-order valence-corrected chi connectivity index (χ4v) is 2.10. The van der Waals surface area contributed by atoms with Crippen molar-refractivity contribution in [3.63, 3.8) is 0 Å². The molecule has 2 rings (SSSR count). The third kappa shape index (κ3) is 3.61. The van der Waals surface area contributed by atoms with E-state index in [9.17, 15) is 9.50 Å². The minimum Gasteiger partial charge on any atom is -0.454 e. The maximum atomic E-state index is 13.9. The van der Waals surface area contributed by atoms with Gasteiger partial charge in [-0.2, -0.15) is 0 Å². The van der Waals surface area contributed by atoms with Crippen LogP contribution in [-0.2, 0) is 5.41 Å². The van der Waals surface area contributed by atoms with E-state index < -0.39 is 11.9 Å². The topological polar surface area (TPSA) is 29.5 Å². The average Bonchev–Trinajstić information content (AvgIpc) is 2.40. The summed E-state index contributed by atoms with van der Waals surface area (Å²) in [4.78, 5) is 0. The number of aliphatic hydroxyl groups excluding tert-OH is 1. The highest BCUT2D eigenvalue weighted by Crippen LogP contribution is 2.33. The molecule has 1 N–H and O–H groups in total. The molecule has 112 valence electrons. The van der Waals surface area contributed by atoms with E-state index in [2.05, 4.69) is 20.8 Å². The molecule has 1 atom stereocenters. The predicted molar refractivity (Wildman–Crippen MR) is 82.2 cm³/mol. The van der Waals surface area contributed by atoms with Crippen LogP contribution >= 0.6 is 0 Å². The van der Waals surface area contributed by atoms with Crippen molar-refractivity contribution in [3.8, 4) is 11.5 Å². The van der Waals surface area contributed by atoms with Crippen LogP contribution < -0.4 is 4.74 Å². The minimum atomic E-state index is -0.787. The van der Waals surface area contributed by atoms with Gasteiger partial charge in [-0.3, -0.25) is 0 Å². The Morgan fingerprint density at radius 3 is 2.19 bits per heavy atom. The Bertz CT molecular complexity index is 610. The molecule has 0 aliphatic heterocycles. The fraction of sp³-hybridized carbons (Fsp3) is 0.333. The fourth-order valence-electron chi connectivity index (χ4n) is 2.10. The van der Waals surface area contributed by atoms with Crippen LogP contribution in [0.3, 0.4) is 0 Å². The van der Waals surface area contributed by atoms with Crippen LogP contribution in [0, 0.1) is 5.82 Å². The molecular weight excluding hydrogens is 267 g/mol. The van der Waals surface area contributed by atoms with E-state index in [1.807, 2.05) is 24.3 Å². The van der Waals surface area contributed by atoms with E-state index in [1.165, 1.54) is 11.6 Å². The molecule has 0 radical (unpaired) electrons. The van der Waals surface area contributed by atoms with Crippen LogP contribution in [0.25, 0.3) is 0 Å². The van der Waals surface area contributed by atoms with Gasteiger partial charge in [0.15, 0.2) is 11.6 Å². The van der Waals surface area contributed by atoms with E-state index in [-0.39, 0.29) is 11.2 Å². The second-order valence-electron chi connectivity index (χ2n) is 6.21. The first-order valence-electron chi connectivity index (χ1n) is 7.04. The van der Waals surface area contributed by atoms with Crippen molar-refractivity contribution in [2.45, 2.75) is 39.2 Å². The number of hydrogen-bond acceptors (Lipinski definition) is 2. The van der Waals surface area contributed by atoms with Crippen LogP contribution in [0.1, 0.15) is 44.9 Å². The molecule has 2 nitrogen and oxygen atoms in total. The molecule has 21 heavy (non-hydrogen) atoms. The van der Waals surface area contributed by atoms with Crippen LogP contribution in [-0.4, -0.2) is 5.11 Å². The third-order valence-electron chi connectivity index (χ3n) is 3.39. The van der Waals surface area contributed by atoms with Crippen molar-refractivity contribution in [2.24, 2.45) is 0 Å². The zero-order chi connectivity index (χ0) is 15.6. The van der Waals surface area contributed by atoms with Crippen LogP contribution in [0.15, 0.2) is 42.5 Å². The van der Waals surface area contributed by atoms with E-state index in [1.54, 1.807) is 19.1 Å². The molecule has 0 amide bonds. The number of benzene rings is 2. The Hall–Kier alpha value is -1.87. The van der Waals surface area contributed by atoms with Crippen molar-refractivity contribution in [1.29, 1.82) is 0 Å². The standard InChI is InChI=1S/C18H21FO2/c1-12(20)15-6-5-7-16(19)17(15)21-14-10-8-13(9-11-14)18(2,3)4/h5-12,20H,1-4H3/t12-/m1/s1. The molecule has 2 aromatic carbocycles. The van der Waals surface area contributed by atoms with E-state index >= 15 is 0 Å². The SMILES string of the molecule is C[C@@H](O)c1cccc(F)c1Oc1ccc(C(C)(C)C)cc1. The van der Waals surface area contributed by atoms with Crippen molar-refractivity contribution >= 4 is 0 Å². The van der Waals surface area contributed by atoms with Gasteiger partial charge in [0.2, 0.25) is 0 Å². The summed E-state index contributed by atoms with van der Waals surface area (Å²) in [5.41, 5.74) is 1.68. The molecule has 0 aliphatic carbocycles. The second-order valence-corrected chi connectivity index (χ2v) is 6.21. The van der Waals surface area contributed by atoms with Crippen molar-refractivity contribution in [2.75, 3.05) is 0 Å². The summed E-state index contributed by atoms with van der Waals surface area (Å²) in [7, 11) is 0. The molecule has 0 unspecified atom stereocenters. The van der Waals surface area contributed by atoms with Crippen molar-refractivity contribution in [3.05, 3.63) is 59.4 Å². The smallest absolute Gasteiger partial charge is 0.168 e. The quantitative estimate of drug-likeness (QED) is 0.864. The summed E-state index contributed by atoms with van der Waals surface area (Å²) >= 11 is 0. The van der Waals surface area contributed by atoms with E-state index in [4.69, 9.17) is 4.74 Å². The maximum Gasteiger partial charge on any atom is 0.168 e. The zero-order valence-electron chi connectivity index (χ0n) is 12.9. The summed E-state index contributed by atoms with van der Waals surface area (Å²) in [5.74, 6) is 0.152. The van der Waals surface area contributed by atoms with Gasteiger partial charge in [-0.15, -0.1) is 0 Å². The molecule has 0 heterocycles. The molecule has 3 heteroatoms. The number of para-hydroxylation sites is 1. The summed E-state index contributed by atoms with van der Waals surface area (Å²) in [6.07, 6.45) is -0.787. The first-order chi connectivity index (χ1) is 9.79. The van der Waals surface area contributed by atoms with Gasteiger partial charge in [0.05, 0.1) is 6.10 Å². The minimum absolute atomic E-state index is 0.0568. The van der Waals surface area contributed by atoms with Gasteiger partial charge in [0.1, 0.15) is 5.75 Å². The molecule has 0 bridgehead atoms.